The molecule has 0 saturated heterocycles. The van der Waals surface area contributed by atoms with Crippen molar-refractivity contribution in [3.63, 3.8) is 0 Å². The number of nitrogens with zero attached hydrogens (tertiary/aromatic N) is 2. The Morgan fingerprint density at radius 2 is 1.89 bits per heavy atom. The summed E-state index contributed by atoms with van der Waals surface area (Å²) < 4.78 is 0. The summed E-state index contributed by atoms with van der Waals surface area (Å²) in [5.41, 5.74) is 0. The largest absolute Gasteiger partial charge is 0.314 e. The van der Waals surface area contributed by atoms with E-state index < -0.39 is 0 Å². The molecule has 3 nitrogen and oxygen atoms in total. The van der Waals surface area contributed by atoms with Gasteiger partial charge in [0.1, 0.15) is 0 Å². The van der Waals surface area contributed by atoms with Crippen molar-refractivity contribution >= 4 is 0 Å². The van der Waals surface area contributed by atoms with Gasteiger partial charge >= 0.3 is 0 Å². The predicted molar refractivity (Wildman–Crippen MR) is 80.1 cm³/mol. The van der Waals surface area contributed by atoms with E-state index in [2.05, 4.69) is 43.1 Å². The predicted octanol–water partition coefficient (Wildman–Crippen LogP) is 2.18. The average Bonchev–Trinajstić information content (AvgIpc) is 3.13. The zero-order valence-electron chi connectivity index (χ0n) is 12.9. The van der Waals surface area contributed by atoms with Crippen LogP contribution in [-0.4, -0.2) is 62.2 Å². The zero-order valence-corrected chi connectivity index (χ0v) is 12.9. The van der Waals surface area contributed by atoms with Gasteiger partial charge in [0.05, 0.1) is 0 Å². The van der Waals surface area contributed by atoms with Crippen molar-refractivity contribution in [3.8, 4) is 0 Å². The molecule has 0 bridgehead atoms. The molecule has 1 unspecified atom stereocenters. The highest BCUT2D eigenvalue weighted by atomic mass is 15.2. The van der Waals surface area contributed by atoms with Crippen LogP contribution in [0.4, 0.5) is 0 Å². The van der Waals surface area contributed by atoms with Crippen molar-refractivity contribution in [2.45, 2.75) is 58.0 Å². The standard InChI is InChI=1S/C15H33N3/c1-5-11-18(13-12-17(3)4)14(2)7-6-10-16-15-8-9-15/h14-16H,5-13H2,1-4H3. The Hall–Kier alpha value is -0.120. The highest BCUT2D eigenvalue weighted by molar-refractivity contribution is 4.80. The molecule has 18 heavy (non-hydrogen) atoms. The molecule has 0 aliphatic heterocycles. The summed E-state index contributed by atoms with van der Waals surface area (Å²) in [4.78, 5) is 4.93. The van der Waals surface area contributed by atoms with E-state index in [-0.39, 0.29) is 0 Å². The smallest absolute Gasteiger partial charge is 0.0112 e. The SMILES string of the molecule is CCCN(CCN(C)C)C(C)CCCNC1CC1. The second-order valence-electron chi connectivity index (χ2n) is 6.06. The molecule has 0 radical (unpaired) electrons. The van der Waals surface area contributed by atoms with E-state index in [1.165, 1.54) is 58.3 Å². The summed E-state index contributed by atoms with van der Waals surface area (Å²) in [7, 11) is 4.32. The van der Waals surface area contributed by atoms with E-state index in [4.69, 9.17) is 0 Å². The first-order chi connectivity index (χ1) is 8.63. The van der Waals surface area contributed by atoms with Crippen LogP contribution in [0.5, 0.6) is 0 Å². The van der Waals surface area contributed by atoms with Crippen LogP contribution < -0.4 is 5.32 Å². The fourth-order valence-corrected chi connectivity index (χ4v) is 2.34. The summed E-state index contributed by atoms with van der Waals surface area (Å²) in [5.74, 6) is 0. The highest BCUT2D eigenvalue weighted by Gasteiger charge is 2.20. The first-order valence-corrected chi connectivity index (χ1v) is 7.75. The monoisotopic (exact) mass is 255 g/mol. The molecule has 1 aliphatic rings. The van der Waals surface area contributed by atoms with Gasteiger partial charge in [-0.05, 0) is 66.2 Å². The molecule has 1 aliphatic carbocycles. The molecule has 3 heteroatoms. The van der Waals surface area contributed by atoms with Crippen LogP contribution in [0.1, 0.15) is 46.0 Å². The molecular formula is C15H33N3. The Bertz CT molecular complexity index is 202. The molecular weight excluding hydrogens is 222 g/mol. The summed E-state index contributed by atoms with van der Waals surface area (Å²) in [6, 6.07) is 1.59. The molecule has 1 atom stereocenters. The van der Waals surface area contributed by atoms with Crippen LogP contribution in [0.2, 0.25) is 0 Å². The number of rotatable bonds is 11. The van der Waals surface area contributed by atoms with Crippen molar-refractivity contribution in [1.82, 2.24) is 15.1 Å². The lowest BCUT2D eigenvalue weighted by atomic mass is 10.1. The lowest BCUT2D eigenvalue weighted by molar-refractivity contribution is 0.179. The fourth-order valence-electron chi connectivity index (χ4n) is 2.34. The van der Waals surface area contributed by atoms with Crippen molar-refractivity contribution < 1.29 is 0 Å². The van der Waals surface area contributed by atoms with Gasteiger partial charge in [-0.25, -0.2) is 0 Å². The molecule has 1 N–H and O–H groups in total. The van der Waals surface area contributed by atoms with E-state index in [9.17, 15) is 0 Å². The minimum absolute atomic E-state index is 0.728. The van der Waals surface area contributed by atoms with Gasteiger partial charge in [0.2, 0.25) is 0 Å². The molecule has 0 aromatic rings. The van der Waals surface area contributed by atoms with Crippen LogP contribution in [0.15, 0.2) is 0 Å². The summed E-state index contributed by atoms with van der Waals surface area (Å²) in [5, 5.41) is 3.61. The third kappa shape index (κ3) is 7.34. The maximum absolute atomic E-state index is 3.61. The molecule has 0 spiro atoms. The third-order valence-electron chi connectivity index (χ3n) is 3.78. The van der Waals surface area contributed by atoms with Crippen molar-refractivity contribution in [2.24, 2.45) is 0 Å². The van der Waals surface area contributed by atoms with Crippen LogP contribution in [-0.2, 0) is 0 Å². The average molecular weight is 255 g/mol. The number of hydrogen-bond donors (Lipinski definition) is 1. The Morgan fingerprint density at radius 3 is 2.44 bits per heavy atom. The summed E-state index contributed by atoms with van der Waals surface area (Å²) >= 11 is 0. The first-order valence-electron chi connectivity index (χ1n) is 7.75. The van der Waals surface area contributed by atoms with Crippen molar-refractivity contribution in [1.29, 1.82) is 0 Å². The van der Waals surface area contributed by atoms with Crippen molar-refractivity contribution in [2.75, 3.05) is 40.3 Å². The maximum Gasteiger partial charge on any atom is 0.0112 e. The maximum atomic E-state index is 3.61. The molecule has 0 aromatic heterocycles. The molecule has 1 rings (SSSR count). The number of hydrogen-bond acceptors (Lipinski definition) is 3. The van der Waals surface area contributed by atoms with Crippen LogP contribution >= 0.6 is 0 Å². The second kappa shape index (κ2) is 8.89. The van der Waals surface area contributed by atoms with Crippen molar-refractivity contribution in [3.05, 3.63) is 0 Å². The van der Waals surface area contributed by atoms with Gasteiger partial charge in [0.25, 0.3) is 0 Å². The Kier molecular flexibility index (Phi) is 7.87. The van der Waals surface area contributed by atoms with E-state index in [1.807, 2.05) is 0 Å². The number of likely N-dealkylation sites (N-methyl/N-ethyl adjacent to an activating group) is 1. The van der Waals surface area contributed by atoms with Gasteiger partial charge in [0.15, 0.2) is 0 Å². The van der Waals surface area contributed by atoms with Gasteiger partial charge in [-0.15, -0.1) is 0 Å². The lowest BCUT2D eigenvalue weighted by Gasteiger charge is -2.30. The van der Waals surface area contributed by atoms with E-state index in [0.717, 1.165) is 12.1 Å². The highest BCUT2D eigenvalue weighted by Crippen LogP contribution is 2.18. The number of nitrogens with one attached hydrogen (secondary N) is 1. The van der Waals surface area contributed by atoms with Gasteiger partial charge in [-0.3, -0.25) is 4.90 Å². The molecule has 108 valence electrons. The Labute approximate surface area is 114 Å². The topological polar surface area (TPSA) is 18.5 Å². The minimum Gasteiger partial charge on any atom is -0.314 e. The van der Waals surface area contributed by atoms with Gasteiger partial charge in [0, 0.05) is 25.2 Å². The summed E-state index contributed by atoms with van der Waals surface area (Å²) in [6.07, 6.45) is 6.71. The lowest BCUT2D eigenvalue weighted by Crippen LogP contribution is -2.39. The van der Waals surface area contributed by atoms with E-state index in [1.54, 1.807) is 0 Å². The molecule has 1 fully saturated rings. The zero-order chi connectivity index (χ0) is 13.4. The van der Waals surface area contributed by atoms with Gasteiger partial charge in [-0.1, -0.05) is 6.92 Å². The van der Waals surface area contributed by atoms with E-state index >= 15 is 0 Å². The van der Waals surface area contributed by atoms with Gasteiger partial charge in [-0.2, -0.15) is 0 Å². The second-order valence-corrected chi connectivity index (χ2v) is 6.06. The Morgan fingerprint density at radius 1 is 1.17 bits per heavy atom. The third-order valence-corrected chi connectivity index (χ3v) is 3.78. The first kappa shape index (κ1) is 15.9. The fraction of sp³-hybridized carbons (Fsp3) is 1.00. The van der Waals surface area contributed by atoms with Crippen LogP contribution in [0.3, 0.4) is 0 Å². The molecule has 0 amide bonds. The summed E-state index contributed by atoms with van der Waals surface area (Å²) in [6.45, 7) is 9.50. The molecule has 0 heterocycles. The molecule has 0 aromatic carbocycles. The normalized spacial score (nSPS) is 17.7. The quantitative estimate of drug-likeness (QED) is 0.571. The van der Waals surface area contributed by atoms with Crippen LogP contribution in [0.25, 0.3) is 0 Å². The Balaban J connectivity index is 2.12. The van der Waals surface area contributed by atoms with Crippen LogP contribution in [0, 0.1) is 0 Å². The van der Waals surface area contributed by atoms with Gasteiger partial charge < -0.3 is 10.2 Å². The minimum atomic E-state index is 0.728. The molecule has 1 saturated carbocycles. The van der Waals surface area contributed by atoms with E-state index in [0.29, 0.717) is 0 Å².